The first-order chi connectivity index (χ1) is 17.3. The monoisotopic (exact) mass is 509 g/mol. The number of ether oxygens (including phenoxy) is 1. The number of aryl methyl sites for hydroxylation is 1. The normalized spacial score (nSPS) is 12.4. The zero-order chi connectivity index (χ0) is 26.0. The summed E-state index contributed by atoms with van der Waals surface area (Å²) in [4.78, 5) is 11.1. The Hall–Kier alpha value is -3.62. The van der Waals surface area contributed by atoms with Crippen LogP contribution in [0.2, 0.25) is 0 Å². The van der Waals surface area contributed by atoms with Crippen LogP contribution < -0.4 is 9.04 Å². The molecule has 0 heterocycles. The Labute approximate surface area is 212 Å². The summed E-state index contributed by atoms with van der Waals surface area (Å²) in [5.74, 6) is -0.254. The van der Waals surface area contributed by atoms with E-state index in [4.69, 9.17) is 9.84 Å². The number of anilines is 1. The molecular weight excluding hydrogens is 478 g/mol. The van der Waals surface area contributed by atoms with Crippen molar-refractivity contribution < 1.29 is 28.2 Å². The molecule has 36 heavy (non-hydrogen) atoms. The van der Waals surface area contributed by atoms with Crippen molar-refractivity contribution in [2.75, 3.05) is 17.5 Å². The molecule has 1 unspecified atom stereocenters. The Bertz CT molecular complexity index is 1270. The van der Waals surface area contributed by atoms with Crippen molar-refractivity contribution in [3.8, 4) is 5.75 Å². The lowest BCUT2D eigenvalue weighted by Crippen LogP contribution is -2.30. The Balaban J connectivity index is 1.61. The van der Waals surface area contributed by atoms with E-state index < -0.39 is 22.1 Å². The second kappa shape index (κ2) is 12.9. The van der Waals surface area contributed by atoms with E-state index in [-0.39, 0.29) is 24.5 Å². The van der Waals surface area contributed by atoms with Crippen LogP contribution in [0.3, 0.4) is 0 Å². The molecule has 3 rings (SSSR count). The van der Waals surface area contributed by atoms with Crippen LogP contribution in [0.5, 0.6) is 5.75 Å². The summed E-state index contributed by atoms with van der Waals surface area (Å²) in [6.45, 7) is 2.32. The van der Waals surface area contributed by atoms with Gasteiger partial charge >= 0.3 is 5.97 Å². The molecule has 1 atom stereocenters. The lowest BCUT2D eigenvalue weighted by atomic mass is 10.1. The summed E-state index contributed by atoms with van der Waals surface area (Å²) in [5.41, 5.74) is 2.11. The highest BCUT2D eigenvalue weighted by molar-refractivity contribution is 7.92. The van der Waals surface area contributed by atoms with Crippen LogP contribution >= 0.6 is 0 Å². The van der Waals surface area contributed by atoms with Crippen molar-refractivity contribution >= 4 is 27.8 Å². The van der Waals surface area contributed by atoms with Crippen LogP contribution in [0.1, 0.15) is 30.9 Å². The van der Waals surface area contributed by atoms with E-state index in [0.29, 0.717) is 24.3 Å². The van der Waals surface area contributed by atoms with Crippen LogP contribution in [0.25, 0.3) is 6.08 Å². The third-order valence-electron chi connectivity index (χ3n) is 5.54. The van der Waals surface area contributed by atoms with E-state index in [9.17, 15) is 18.3 Å². The van der Waals surface area contributed by atoms with Crippen LogP contribution in [0.15, 0.2) is 89.8 Å². The molecule has 0 fully saturated rings. The summed E-state index contributed by atoms with van der Waals surface area (Å²) in [7, 11) is -3.69. The molecule has 3 aromatic carbocycles. The van der Waals surface area contributed by atoms with Crippen LogP contribution in [-0.4, -0.2) is 43.9 Å². The van der Waals surface area contributed by atoms with Gasteiger partial charge in [0.2, 0.25) is 0 Å². The van der Waals surface area contributed by atoms with Crippen molar-refractivity contribution in [1.82, 2.24) is 0 Å². The zero-order valence-corrected chi connectivity index (χ0v) is 21.0. The first-order valence-electron chi connectivity index (χ1n) is 11.8. The minimum Gasteiger partial charge on any atom is -0.493 e. The van der Waals surface area contributed by atoms with E-state index in [1.54, 1.807) is 73.7 Å². The fourth-order valence-corrected chi connectivity index (χ4v) is 5.18. The number of aliphatic hydroxyl groups excluding tert-OH is 1. The molecule has 8 heteroatoms. The van der Waals surface area contributed by atoms with Crippen molar-refractivity contribution in [2.24, 2.45) is 0 Å². The Morgan fingerprint density at radius 2 is 1.75 bits per heavy atom. The van der Waals surface area contributed by atoms with Gasteiger partial charge in [-0.25, -0.2) is 8.42 Å². The van der Waals surface area contributed by atoms with Crippen LogP contribution in [0, 0.1) is 0 Å². The summed E-state index contributed by atoms with van der Waals surface area (Å²) >= 11 is 0. The van der Waals surface area contributed by atoms with Gasteiger partial charge in [-0.15, -0.1) is 0 Å². The number of hydrogen-bond acceptors (Lipinski definition) is 5. The number of carboxylic acid groups (broad SMARTS) is 1. The number of hydrogen-bond donors (Lipinski definition) is 2. The molecule has 0 saturated heterocycles. The molecule has 190 valence electrons. The first-order valence-corrected chi connectivity index (χ1v) is 13.2. The van der Waals surface area contributed by atoms with Gasteiger partial charge in [-0.3, -0.25) is 9.10 Å². The number of nitrogens with zero attached hydrogens (tertiary/aromatic N) is 1. The summed E-state index contributed by atoms with van der Waals surface area (Å²) in [5, 5.41) is 19.3. The summed E-state index contributed by atoms with van der Waals surface area (Å²) < 4.78 is 33.3. The van der Waals surface area contributed by atoms with E-state index in [1.807, 2.05) is 24.3 Å². The largest absolute Gasteiger partial charge is 0.493 e. The number of benzene rings is 3. The number of rotatable bonds is 13. The van der Waals surface area contributed by atoms with Gasteiger partial charge in [0.05, 0.1) is 23.3 Å². The highest BCUT2D eigenvalue weighted by Crippen LogP contribution is 2.25. The molecule has 0 saturated carbocycles. The van der Waals surface area contributed by atoms with Gasteiger partial charge in [0.25, 0.3) is 10.0 Å². The Kier molecular flexibility index (Phi) is 9.67. The lowest BCUT2D eigenvalue weighted by molar-refractivity contribution is -0.136. The highest BCUT2D eigenvalue weighted by atomic mass is 32.2. The van der Waals surface area contributed by atoms with Crippen molar-refractivity contribution in [3.63, 3.8) is 0 Å². The SMILES string of the molecule is CCN(c1cccc(/C=C/C(O)CCOc2ccccc2CCC(=O)O)c1)S(=O)(=O)c1ccccc1. The molecule has 0 aliphatic heterocycles. The number of aliphatic hydroxyl groups is 1. The van der Waals surface area contributed by atoms with Gasteiger partial charge in [-0.05, 0) is 54.8 Å². The Morgan fingerprint density at radius 1 is 1.03 bits per heavy atom. The van der Waals surface area contributed by atoms with Crippen molar-refractivity contribution in [2.45, 2.75) is 37.2 Å². The average molecular weight is 510 g/mol. The quantitative estimate of drug-likeness (QED) is 0.344. The highest BCUT2D eigenvalue weighted by Gasteiger charge is 2.23. The Morgan fingerprint density at radius 3 is 2.47 bits per heavy atom. The van der Waals surface area contributed by atoms with Gasteiger partial charge in [0.1, 0.15) is 5.75 Å². The fourth-order valence-electron chi connectivity index (χ4n) is 3.70. The maximum atomic E-state index is 13.1. The number of aliphatic carboxylic acids is 1. The minimum absolute atomic E-state index is 0.0207. The number of sulfonamides is 1. The number of carbonyl (C=O) groups is 1. The predicted molar refractivity (Wildman–Crippen MR) is 141 cm³/mol. The van der Waals surface area contributed by atoms with E-state index in [2.05, 4.69) is 0 Å². The molecule has 7 nitrogen and oxygen atoms in total. The van der Waals surface area contributed by atoms with Gasteiger partial charge < -0.3 is 14.9 Å². The molecule has 0 amide bonds. The topological polar surface area (TPSA) is 104 Å². The van der Waals surface area contributed by atoms with Gasteiger partial charge in [-0.2, -0.15) is 0 Å². The van der Waals surface area contributed by atoms with Crippen LogP contribution in [-0.2, 0) is 21.2 Å². The summed E-state index contributed by atoms with van der Waals surface area (Å²) in [6, 6.07) is 22.7. The molecule has 0 bridgehead atoms. The zero-order valence-electron chi connectivity index (χ0n) is 20.2. The molecule has 0 radical (unpaired) electrons. The maximum Gasteiger partial charge on any atom is 0.303 e. The fraction of sp³-hybridized carbons (Fsp3) is 0.250. The molecule has 0 aromatic heterocycles. The second-order valence-electron chi connectivity index (χ2n) is 8.14. The molecule has 0 aliphatic carbocycles. The minimum atomic E-state index is -3.69. The number of carboxylic acids is 1. The third kappa shape index (κ3) is 7.44. The average Bonchev–Trinajstić information content (AvgIpc) is 2.88. The molecule has 0 aliphatic rings. The van der Waals surface area contributed by atoms with Crippen LogP contribution in [0.4, 0.5) is 5.69 Å². The standard InChI is InChI=1S/C28H31NO6S/c1-2-29(36(33,34)26-12-4-3-5-13-26)24-11-8-9-22(21-24)15-17-25(30)19-20-35-27-14-7-6-10-23(27)16-18-28(31)32/h3-15,17,21,25,30H,2,16,18-20H2,1H3,(H,31,32)/b17-15+. The number of para-hydroxylation sites is 1. The molecule has 2 N–H and O–H groups in total. The van der Waals surface area contributed by atoms with Crippen molar-refractivity contribution in [1.29, 1.82) is 0 Å². The smallest absolute Gasteiger partial charge is 0.303 e. The van der Waals surface area contributed by atoms with Gasteiger partial charge in [0, 0.05) is 19.4 Å². The summed E-state index contributed by atoms with van der Waals surface area (Å²) in [6.07, 6.45) is 3.35. The van der Waals surface area contributed by atoms with E-state index in [1.165, 1.54) is 4.31 Å². The third-order valence-corrected chi connectivity index (χ3v) is 7.46. The second-order valence-corrected chi connectivity index (χ2v) is 10.0. The molecule has 0 spiro atoms. The first kappa shape index (κ1) is 27.0. The van der Waals surface area contributed by atoms with E-state index in [0.717, 1.165) is 11.1 Å². The predicted octanol–water partition coefficient (Wildman–Crippen LogP) is 4.76. The lowest BCUT2D eigenvalue weighted by Gasteiger charge is -2.23. The van der Waals surface area contributed by atoms with E-state index >= 15 is 0 Å². The molecule has 3 aromatic rings. The van der Waals surface area contributed by atoms with Crippen molar-refractivity contribution in [3.05, 3.63) is 96.1 Å². The maximum absolute atomic E-state index is 13.1. The van der Waals surface area contributed by atoms with Gasteiger partial charge in [0.15, 0.2) is 0 Å². The molecular formula is C28H31NO6S. The van der Waals surface area contributed by atoms with Gasteiger partial charge in [-0.1, -0.05) is 60.7 Å².